The summed E-state index contributed by atoms with van der Waals surface area (Å²) in [7, 11) is 1.65. The van der Waals surface area contributed by atoms with E-state index < -0.39 is 5.41 Å². The van der Waals surface area contributed by atoms with Crippen LogP contribution in [0.2, 0.25) is 0 Å². The molecule has 0 aromatic heterocycles. The fourth-order valence-electron chi connectivity index (χ4n) is 3.20. The normalized spacial score (nSPS) is 13.8. The van der Waals surface area contributed by atoms with Gasteiger partial charge in [0.2, 0.25) is 0 Å². The molecule has 0 heterocycles. The van der Waals surface area contributed by atoms with Gasteiger partial charge in [0.25, 0.3) is 0 Å². The van der Waals surface area contributed by atoms with Crippen LogP contribution in [0.3, 0.4) is 0 Å². The molecule has 0 aliphatic heterocycles. The molecule has 1 atom stereocenters. The standard InChI is InChI=1S/C19H22O2/c1-14(2)19(15(3)20,16-8-6-5-7-9-16)17-10-12-18(21-4)13-11-17/h5-14H,1-4H3/t19-/m1/s1. The summed E-state index contributed by atoms with van der Waals surface area (Å²) in [6.07, 6.45) is 0. The van der Waals surface area contributed by atoms with Gasteiger partial charge in [-0.1, -0.05) is 56.3 Å². The van der Waals surface area contributed by atoms with Crippen LogP contribution in [0.25, 0.3) is 0 Å². The van der Waals surface area contributed by atoms with E-state index in [1.807, 2.05) is 54.6 Å². The third-order valence-corrected chi connectivity index (χ3v) is 4.20. The lowest BCUT2D eigenvalue weighted by Gasteiger charge is -2.36. The molecule has 2 heteroatoms. The molecule has 0 unspecified atom stereocenters. The average Bonchev–Trinajstić information content (AvgIpc) is 2.49. The van der Waals surface area contributed by atoms with Crippen molar-refractivity contribution in [3.63, 3.8) is 0 Å². The maximum Gasteiger partial charge on any atom is 0.144 e. The lowest BCUT2D eigenvalue weighted by atomic mass is 9.64. The highest BCUT2D eigenvalue weighted by molar-refractivity contribution is 5.92. The number of hydrogen-bond donors (Lipinski definition) is 0. The first-order valence-electron chi connectivity index (χ1n) is 7.24. The number of benzene rings is 2. The summed E-state index contributed by atoms with van der Waals surface area (Å²) >= 11 is 0. The lowest BCUT2D eigenvalue weighted by molar-refractivity contribution is -0.122. The zero-order valence-corrected chi connectivity index (χ0v) is 13.1. The molecule has 2 rings (SSSR count). The van der Waals surface area contributed by atoms with Crippen LogP contribution in [0.5, 0.6) is 5.75 Å². The Morgan fingerprint density at radius 2 is 1.48 bits per heavy atom. The average molecular weight is 282 g/mol. The van der Waals surface area contributed by atoms with Crippen molar-refractivity contribution in [3.8, 4) is 5.75 Å². The molecule has 2 aromatic carbocycles. The summed E-state index contributed by atoms with van der Waals surface area (Å²) < 4.78 is 5.22. The molecule has 0 spiro atoms. The molecule has 0 bridgehead atoms. The van der Waals surface area contributed by atoms with E-state index in [1.165, 1.54) is 0 Å². The summed E-state index contributed by atoms with van der Waals surface area (Å²) in [5, 5.41) is 0. The van der Waals surface area contributed by atoms with Gasteiger partial charge in [-0.15, -0.1) is 0 Å². The van der Waals surface area contributed by atoms with Crippen molar-refractivity contribution in [3.05, 3.63) is 65.7 Å². The quantitative estimate of drug-likeness (QED) is 0.820. The predicted molar refractivity (Wildman–Crippen MR) is 85.7 cm³/mol. The van der Waals surface area contributed by atoms with Gasteiger partial charge in [-0.05, 0) is 36.1 Å². The molecule has 0 aliphatic rings. The van der Waals surface area contributed by atoms with Crippen LogP contribution in [-0.4, -0.2) is 12.9 Å². The lowest BCUT2D eigenvalue weighted by Crippen LogP contribution is -2.40. The molecule has 0 amide bonds. The second kappa shape index (κ2) is 6.13. The van der Waals surface area contributed by atoms with Crippen molar-refractivity contribution in [2.75, 3.05) is 7.11 Å². The molecule has 0 saturated carbocycles. The van der Waals surface area contributed by atoms with E-state index in [0.717, 1.165) is 16.9 Å². The van der Waals surface area contributed by atoms with Gasteiger partial charge in [0, 0.05) is 0 Å². The molecule has 110 valence electrons. The molecule has 0 saturated heterocycles. The highest BCUT2D eigenvalue weighted by Crippen LogP contribution is 2.40. The van der Waals surface area contributed by atoms with E-state index in [1.54, 1.807) is 14.0 Å². The summed E-state index contributed by atoms with van der Waals surface area (Å²) in [5.41, 5.74) is 1.43. The van der Waals surface area contributed by atoms with Crippen molar-refractivity contribution in [2.24, 2.45) is 5.92 Å². The van der Waals surface area contributed by atoms with Gasteiger partial charge in [0.1, 0.15) is 11.5 Å². The maximum atomic E-state index is 12.6. The van der Waals surface area contributed by atoms with Crippen LogP contribution in [-0.2, 0) is 10.2 Å². The zero-order chi connectivity index (χ0) is 15.5. The minimum Gasteiger partial charge on any atom is -0.497 e. The van der Waals surface area contributed by atoms with Crippen molar-refractivity contribution in [1.29, 1.82) is 0 Å². The van der Waals surface area contributed by atoms with E-state index in [2.05, 4.69) is 13.8 Å². The smallest absolute Gasteiger partial charge is 0.144 e. The fourth-order valence-corrected chi connectivity index (χ4v) is 3.20. The van der Waals surface area contributed by atoms with Crippen LogP contribution in [0, 0.1) is 5.92 Å². The predicted octanol–water partition coefficient (Wildman–Crippen LogP) is 4.23. The van der Waals surface area contributed by atoms with Crippen LogP contribution in [0.1, 0.15) is 31.9 Å². The topological polar surface area (TPSA) is 26.3 Å². The van der Waals surface area contributed by atoms with Gasteiger partial charge >= 0.3 is 0 Å². The van der Waals surface area contributed by atoms with Crippen molar-refractivity contribution in [2.45, 2.75) is 26.2 Å². The van der Waals surface area contributed by atoms with Crippen molar-refractivity contribution in [1.82, 2.24) is 0 Å². The molecule has 21 heavy (non-hydrogen) atoms. The Labute approximate surface area is 126 Å². The highest BCUT2D eigenvalue weighted by atomic mass is 16.5. The molecule has 0 aliphatic carbocycles. The van der Waals surface area contributed by atoms with Gasteiger partial charge in [-0.2, -0.15) is 0 Å². The van der Waals surface area contributed by atoms with E-state index >= 15 is 0 Å². The van der Waals surface area contributed by atoms with E-state index in [4.69, 9.17) is 4.74 Å². The third kappa shape index (κ3) is 2.58. The molecular formula is C19H22O2. The summed E-state index contributed by atoms with van der Waals surface area (Å²) in [6, 6.07) is 17.8. The first-order valence-corrected chi connectivity index (χ1v) is 7.24. The molecule has 0 radical (unpaired) electrons. The number of rotatable bonds is 5. The van der Waals surface area contributed by atoms with Crippen LogP contribution < -0.4 is 4.74 Å². The Bertz CT molecular complexity index is 599. The molecular weight excluding hydrogens is 260 g/mol. The van der Waals surface area contributed by atoms with Crippen molar-refractivity contribution >= 4 is 5.78 Å². The van der Waals surface area contributed by atoms with E-state index in [0.29, 0.717) is 0 Å². The number of hydrogen-bond acceptors (Lipinski definition) is 2. The number of carbonyl (C=O) groups is 1. The van der Waals surface area contributed by atoms with E-state index in [9.17, 15) is 4.79 Å². The number of ether oxygens (including phenoxy) is 1. The fraction of sp³-hybridized carbons (Fsp3) is 0.316. The minimum atomic E-state index is -0.618. The van der Waals surface area contributed by atoms with Crippen LogP contribution >= 0.6 is 0 Å². The number of carbonyl (C=O) groups excluding carboxylic acids is 1. The van der Waals surface area contributed by atoms with Crippen molar-refractivity contribution < 1.29 is 9.53 Å². The van der Waals surface area contributed by atoms with Gasteiger partial charge in [-0.3, -0.25) is 4.79 Å². The second-order valence-electron chi connectivity index (χ2n) is 5.61. The van der Waals surface area contributed by atoms with Gasteiger partial charge in [-0.25, -0.2) is 0 Å². The molecule has 2 nitrogen and oxygen atoms in total. The summed E-state index contributed by atoms with van der Waals surface area (Å²) in [6.45, 7) is 5.87. The van der Waals surface area contributed by atoms with Gasteiger partial charge < -0.3 is 4.74 Å². The number of methoxy groups -OCH3 is 1. The molecule has 2 aromatic rings. The molecule has 0 N–H and O–H groups in total. The first kappa shape index (κ1) is 15.3. The SMILES string of the molecule is COc1ccc([C@](C(C)=O)(c2ccccc2)C(C)C)cc1. The minimum absolute atomic E-state index is 0.158. The van der Waals surface area contributed by atoms with Crippen LogP contribution in [0.15, 0.2) is 54.6 Å². The molecule has 0 fully saturated rings. The summed E-state index contributed by atoms with van der Waals surface area (Å²) in [4.78, 5) is 12.6. The maximum absolute atomic E-state index is 12.6. The zero-order valence-electron chi connectivity index (χ0n) is 13.1. The Morgan fingerprint density at radius 3 is 1.90 bits per heavy atom. The second-order valence-corrected chi connectivity index (χ2v) is 5.61. The van der Waals surface area contributed by atoms with Gasteiger partial charge in [0.05, 0.1) is 12.5 Å². The monoisotopic (exact) mass is 282 g/mol. The third-order valence-electron chi connectivity index (χ3n) is 4.20. The Hall–Kier alpha value is -2.09. The largest absolute Gasteiger partial charge is 0.497 e. The van der Waals surface area contributed by atoms with Gasteiger partial charge in [0.15, 0.2) is 0 Å². The Kier molecular flexibility index (Phi) is 4.46. The number of ketones is 1. The number of Topliss-reactive ketones (excluding diaryl/α,β-unsaturated/α-hetero) is 1. The first-order chi connectivity index (χ1) is 10.0. The van der Waals surface area contributed by atoms with Crippen LogP contribution in [0.4, 0.5) is 0 Å². The highest BCUT2D eigenvalue weighted by Gasteiger charge is 2.42. The summed E-state index contributed by atoms with van der Waals surface area (Å²) in [5.74, 6) is 1.12. The van der Waals surface area contributed by atoms with E-state index in [-0.39, 0.29) is 11.7 Å². The Morgan fingerprint density at radius 1 is 0.952 bits per heavy atom. The Balaban J connectivity index is 2.67.